The van der Waals surface area contributed by atoms with Gasteiger partial charge in [0.15, 0.2) is 23.0 Å². The van der Waals surface area contributed by atoms with Gasteiger partial charge in [0.25, 0.3) is 5.91 Å². The number of Topliss-reactive ketones (excluding diaryl/α,β-unsaturated/α-hetero) is 1. The van der Waals surface area contributed by atoms with Crippen molar-refractivity contribution in [3.05, 3.63) is 64.9 Å². The van der Waals surface area contributed by atoms with Gasteiger partial charge in [0, 0.05) is 54.9 Å². The molecule has 178 valence electrons. The van der Waals surface area contributed by atoms with Gasteiger partial charge in [-0.3, -0.25) is 14.5 Å². The highest BCUT2D eigenvalue weighted by Gasteiger charge is 2.26. The zero-order valence-corrected chi connectivity index (χ0v) is 19.8. The summed E-state index contributed by atoms with van der Waals surface area (Å²) in [6.07, 6.45) is 0. The molecule has 5 rings (SSSR count). The molecule has 4 heterocycles. The molecule has 2 aliphatic rings. The second-order valence-electron chi connectivity index (χ2n) is 8.85. The van der Waals surface area contributed by atoms with Crippen LogP contribution in [0.2, 0.25) is 0 Å². The second kappa shape index (κ2) is 9.02. The third-order valence-corrected chi connectivity index (χ3v) is 6.49. The molecule has 0 radical (unpaired) electrons. The SMILES string of the molecule is Cc1ccc(C(=O)N2CCN(CC(=O)c3cc(C)n(-c4ccc5c(c4)OCCO5)c3C)CC2)o1. The van der Waals surface area contributed by atoms with Crippen molar-refractivity contribution in [3.8, 4) is 17.2 Å². The minimum Gasteiger partial charge on any atom is -0.486 e. The van der Waals surface area contributed by atoms with E-state index in [1.807, 2.05) is 45.0 Å². The number of amides is 1. The van der Waals surface area contributed by atoms with Crippen LogP contribution in [0.5, 0.6) is 11.5 Å². The number of hydrogen-bond acceptors (Lipinski definition) is 6. The van der Waals surface area contributed by atoms with E-state index >= 15 is 0 Å². The van der Waals surface area contributed by atoms with Gasteiger partial charge in [-0.15, -0.1) is 0 Å². The molecule has 8 heteroatoms. The Kier molecular flexibility index (Phi) is 5.91. The minimum atomic E-state index is -0.0953. The Morgan fingerprint density at radius 3 is 2.32 bits per heavy atom. The maximum Gasteiger partial charge on any atom is 0.289 e. The summed E-state index contributed by atoms with van der Waals surface area (Å²) in [5, 5.41) is 0. The van der Waals surface area contributed by atoms with Gasteiger partial charge in [0.1, 0.15) is 19.0 Å². The molecule has 0 bridgehead atoms. The molecule has 1 fully saturated rings. The Hall–Kier alpha value is -3.52. The summed E-state index contributed by atoms with van der Waals surface area (Å²) in [5.41, 5.74) is 3.55. The Labute approximate surface area is 198 Å². The van der Waals surface area contributed by atoms with Crippen LogP contribution in [0.25, 0.3) is 5.69 Å². The molecular weight excluding hydrogens is 434 g/mol. The van der Waals surface area contributed by atoms with Crippen LogP contribution >= 0.6 is 0 Å². The van der Waals surface area contributed by atoms with Gasteiger partial charge in [-0.1, -0.05) is 0 Å². The molecule has 2 aliphatic heterocycles. The highest BCUT2D eigenvalue weighted by atomic mass is 16.6. The number of carbonyl (C=O) groups excluding carboxylic acids is 2. The molecule has 0 atom stereocenters. The van der Waals surface area contributed by atoms with Crippen LogP contribution in [0.4, 0.5) is 0 Å². The lowest BCUT2D eigenvalue weighted by atomic mass is 10.1. The molecule has 8 nitrogen and oxygen atoms in total. The predicted octanol–water partition coefficient (Wildman–Crippen LogP) is 3.41. The highest BCUT2D eigenvalue weighted by molar-refractivity contribution is 5.99. The fraction of sp³-hybridized carbons (Fsp3) is 0.385. The summed E-state index contributed by atoms with van der Waals surface area (Å²) in [6, 6.07) is 11.3. The van der Waals surface area contributed by atoms with E-state index in [0.717, 1.165) is 39.9 Å². The van der Waals surface area contributed by atoms with Crippen LogP contribution in [0.1, 0.15) is 38.1 Å². The van der Waals surface area contributed by atoms with E-state index in [1.165, 1.54) is 0 Å². The fourth-order valence-corrected chi connectivity index (χ4v) is 4.72. The number of hydrogen-bond donors (Lipinski definition) is 0. The largest absolute Gasteiger partial charge is 0.486 e. The topological polar surface area (TPSA) is 77.2 Å². The molecule has 0 unspecified atom stereocenters. The normalized spacial score (nSPS) is 16.0. The van der Waals surface area contributed by atoms with Gasteiger partial charge < -0.3 is 23.4 Å². The summed E-state index contributed by atoms with van der Waals surface area (Å²) in [5.74, 6) is 2.55. The average Bonchev–Trinajstić information content (AvgIpc) is 3.41. The van der Waals surface area contributed by atoms with E-state index in [0.29, 0.717) is 51.7 Å². The van der Waals surface area contributed by atoms with Crippen molar-refractivity contribution >= 4 is 11.7 Å². The maximum absolute atomic E-state index is 13.2. The molecule has 0 spiro atoms. The van der Waals surface area contributed by atoms with Crippen molar-refractivity contribution in [1.82, 2.24) is 14.4 Å². The molecule has 0 aliphatic carbocycles. The molecule has 34 heavy (non-hydrogen) atoms. The first kappa shape index (κ1) is 22.3. The number of fused-ring (bicyclic) bond motifs is 1. The van der Waals surface area contributed by atoms with Crippen LogP contribution in [0, 0.1) is 20.8 Å². The smallest absolute Gasteiger partial charge is 0.289 e. The fourth-order valence-electron chi connectivity index (χ4n) is 4.72. The van der Waals surface area contributed by atoms with Crippen molar-refractivity contribution in [3.63, 3.8) is 0 Å². The maximum atomic E-state index is 13.2. The molecule has 0 N–H and O–H groups in total. The summed E-state index contributed by atoms with van der Waals surface area (Å²) < 4.78 is 18.9. The number of furan rings is 1. The molecular formula is C26H29N3O5. The number of rotatable bonds is 5. The van der Waals surface area contributed by atoms with Crippen molar-refractivity contribution in [2.24, 2.45) is 0 Å². The Balaban J connectivity index is 1.25. The van der Waals surface area contributed by atoms with E-state index in [-0.39, 0.29) is 11.7 Å². The Morgan fingerprint density at radius 1 is 0.882 bits per heavy atom. The molecule has 1 amide bonds. The van der Waals surface area contributed by atoms with Crippen LogP contribution in [-0.4, -0.2) is 72.0 Å². The predicted molar refractivity (Wildman–Crippen MR) is 126 cm³/mol. The van der Waals surface area contributed by atoms with E-state index in [2.05, 4.69) is 9.47 Å². The van der Waals surface area contributed by atoms with E-state index in [4.69, 9.17) is 13.9 Å². The van der Waals surface area contributed by atoms with Crippen LogP contribution < -0.4 is 9.47 Å². The van der Waals surface area contributed by atoms with Crippen molar-refractivity contribution < 1.29 is 23.5 Å². The lowest BCUT2D eigenvalue weighted by Crippen LogP contribution is -2.49. The van der Waals surface area contributed by atoms with E-state index in [9.17, 15) is 9.59 Å². The number of nitrogens with zero attached hydrogens (tertiary/aromatic N) is 3. The summed E-state index contributed by atoms with van der Waals surface area (Å²) in [7, 11) is 0. The number of carbonyl (C=O) groups is 2. The van der Waals surface area contributed by atoms with Gasteiger partial charge in [-0.2, -0.15) is 0 Å². The average molecular weight is 464 g/mol. The Morgan fingerprint density at radius 2 is 1.62 bits per heavy atom. The van der Waals surface area contributed by atoms with Crippen molar-refractivity contribution in [2.75, 3.05) is 45.9 Å². The first-order valence-corrected chi connectivity index (χ1v) is 11.6. The van der Waals surface area contributed by atoms with Gasteiger partial charge in [-0.05, 0) is 51.1 Å². The molecule has 0 saturated carbocycles. The van der Waals surface area contributed by atoms with Gasteiger partial charge >= 0.3 is 0 Å². The van der Waals surface area contributed by atoms with Crippen molar-refractivity contribution in [1.29, 1.82) is 0 Å². The molecule has 3 aromatic rings. The quantitative estimate of drug-likeness (QED) is 0.540. The molecule has 2 aromatic heterocycles. The lowest BCUT2D eigenvalue weighted by molar-refractivity contribution is 0.0595. The zero-order chi connectivity index (χ0) is 23.8. The monoisotopic (exact) mass is 463 g/mol. The lowest BCUT2D eigenvalue weighted by Gasteiger charge is -2.33. The zero-order valence-electron chi connectivity index (χ0n) is 19.8. The van der Waals surface area contributed by atoms with E-state index < -0.39 is 0 Å². The minimum absolute atomic E-state index is 0.0818. The van der Waals surface area contributed by atoms with Gasteiger partial charge in [-0.25, -0.2) is 0 Å². The first-order valence-electron chi connectivity index (χ1n) is 11.6. The third-order valence-electron chi connectivity index (χ3n) is 6.49. The number of aryl methyl sites for hydroxylation is 2. The van der Waals surface area contributed by atoms with Gasteiger partial charge in [0.2, 0.25) is 0 Å². The van der Waals surface area contributed by atoms with Gasteiger partial charge in [0.05, 0.1) is 6.54 Å². The Bertz CT molecular complexity index is 1230. The number of piperazine rings is 1. The summed E-state index contributed by atoms with van der Waals surface area (Å²) in [4.78, 5) is 29.7. The van der Waals surface area contributed by atoms with Crippen molar-refractivity contribution in [2.45, 2.75) is 20.8 Å². The summed E-state index contributed by atoms with van der Waals surface area (Å²) in [6.45, 7) is 9.65. The molecule has 1 saturated heterocycles. The van der Waals surface area contributed by atoms with E-state index in [1.54, 1.807) is 17.0 Å². The highest BCUT2D eigenvalue weighted by Crippen LogP contribution is 2.33. The number of aromatic nitrogens is 1. The van der Waals surface area contributed by atoms with Crippen LogP contribution in [0.3, 0.4) is 0 Å². The standard InChI is InChI=1S/C26H29N3O5/c1-17-14-21(19(3)29(17)20-5-7-23-25(15-20)33-13-12-32-23)22(30)16-27-8-10-28(11-9-27)26(31)24-6-4-18(2)34-24/h4-7,14-15H,8-13,16H2,1-3H3. The second-order valence-corrected chi connectivity index (χ2v) is 8.85. The van der Waals surface area contributed by atoms with Crippen LogP contribution in [-0.2, 0) is 0 Å². The third kappa shape index (κ3) is 4.21. The number of ether oxygens (including phenoxy) is 2. The number of benzene rings is 1. The first-order chi connectivity index (χ1) is 16.4. The van der Waals surface area contributed by atoms with Crippen LogP contribution in [0.15, 0.2) is 40.8 Å². The number of ketones is 1. The summed E-state index contributed by atoms with van der Waals surface area (Å²) >= 11 is 0. The molecule has 1 aromatic carbocycles.